The van der Waals surface area contributed by atoms with Crippen LogP contribution >= 0.6 is 22.9 Å². The van der Waals surface area contributed by atoms with Gasteiger partial charge in [0, 0.05) is 24.0 Å². The molecule has 2 aromatic rings. The van der Waals surface area contributed by atoms with Gasteiger partial charge in [-0.15, -0.1) is 11.3 Å². The molecule has 22 heavy (non-hydrogen) atoms. The van der Waals surface area contributed by atoms with E-state index in [0.29, 0.717) is 10.7 Å². The van der Waals surface area contributed by atoms with Crippen LogP contribution in [0.15, 0.2) is 29.6 Å². The standard InChI is InChI=1S/C17H19ClN2OS/c18-14-9-5-4-8-13(14)16-19-15(12-22-16)17(21)20-10-6-2-1-3-7-11-20/h4-5,8-9,12H,1-3,6-7,10-11H2. The monoisotopic (exact) mass is 334 g/mol. The van der Waals surface area contributed by atoms with Crippen LogP contribution in [0.1, 0.15) is 42.6 Å². The second kappa shape index (κ2) is 7.25. The Morgan fingerprint density at radius 3 is 2.50 bits per heavy atom. The average Bonchev–Trinajstić information content (AvgIpc) is 2.96. The van der Waals surface area contributed by atoms with Gasteiger partial charge in [-0.3, -0.25) is 4.79 Å². The van der Waals surface area contributed by atoms with Gasteiger partial charge in [-0.2, -0.15) is 0 Å². The number of halogens is 1. The highest BCUT2D eigenvalue weighted by molar-refractivity contribution is 7.13. The van der Waals surface area contributed by atoms with Gasteiger partial charge in [0.05, 0.1) is 5.02 Å². The largest absolute Gasteiger partial charge is 0.337 e. The molecular weight excluding hydrogens is 316 g/mol. The Balaban J connectivity index is 1.78. The predicted molar refractivity (Wildman–Crippen MR) is 91.5 cm³/mol. The van der Waals surface area contributed by atoms with Gasteiger partial charge in [0.2, 0.25) is 0 Å². The molecule has 3 rings (SSSR count). The van der Waals surface area contributed by atoms with Gasteiger partial charge in [-0.1, -0.05) is 49.1 Å². The highest BCUT2D eigenvalue weighted by Crippen LogP contribution is 2.30. The maximum absolute atomic E-state index is 12.6. The minimum absolute atomic E-state index is 0.0523. The van der Waals surface area contributed by atoms with E-state index in [1.165, 1.54) is 30.6 Å². The molecule has 1 aromatic heterocycles. The van der Waals surface area contributed by atoms with E-state index in [-0.39, 0.29) is 5.91 Å². The van der Waals surface area contributed by atoms with E-state index in [0.717, 1.165) is 36.5 Å². The first-order valence-corrected chi connectivity index (χ1v) is 9.01. The number of thiazole rings is 1. The van der Waals surface area contributed by atoms with Gasteiger partial charge < -0.3 is 4.90 Å². The van der Waals surface area contributed by atoms with Crippen LogP contribution < -0.4 is 0 Å². The maximum Gasteiger partial charge on any atom is 0.273 e. The molecule has 0 aliphatic carbocycles. The highest BCUT2D eigenvalue weighted by Gasteiger charge is 2.20. The summed E-state index contributed by atoms with van der Waals surface area (Å²) in [5, 5.41) is 3.32. The molecule has 1 amide bonds. The summed E-state index contributed by atoms with van der Waals surface area (Å²) in [7, 11) is 0. The molecule has 0 radical (unpaired) electrons. The molecule has 1 aliphatic heterocycles. The van der Waals surface area contributed by atoms with Crippen molar-refractivity contribution in [3.63, 3.8) is 0 Å². The average molecular weight is 335 g/mol. The first kappa shape index (κ1) is 15.5. The lowest BCUT2D eigenvalue weighted by Gasteiger charge is -2.23. The van der Waals surface area contributed by atoms with E-state index in [1.807, 2.05) is 34.5 Å². The topological polar surface area (TPSA) is 33.2 Å². The van der Waals surface area contributed by atoms with Crippen LogP contribution in [0.25, 0.3) is 10.6 Å². The number of likely N-dealkylation sites (tertiary alicyclic amines) is 1. The van der Waals surface area contributed by atoms with E-state index >= 15 is 0 Å². The fourth-order valence-electron chi connectivity index (χ4n) is 2.74. The summed E-state index contributed by atoms with van der Waals surface area (Å²) >= 11 is 7.68. The summed E-state index contributed by atoms with van der Waals surface area (Å²) in [5.41, 5.74) is 1.43. The number of hydrogen-bond acceptors (Lipinski definition) is 3. The number of rotatable bonds is 2. The van der Waals surface area contributed by atoms with Gasteiger partial charge in [-0.05, 0) is 18.9 Å². The van der Waals surface area contributed by atoms with Crippen molar-refractivity contribution in [1.29, 1.82) is 0 Å². The lowest BCUT2D eigenvalue weighted by molar-refractivity contribution is 0.0737. The minimum atomic E-state index is 0.0523. The van der Waals surface area contributed by atoms with Crippen LogP contribution in [0.3, 0.4) is 0 Å². The van der Waals surface area contributed by atoms with Crippen LogP contribution in [0.4, 0.5) is 0 Å². The number of carbonyl (C=O) groups is 1. The molecular formula is C17H19ClN2OS. The minimum Gasteiger partial charge on any atom is -0.337 e. The zero-order chi connectivity index (χ0) is 15.4. The van der Waals surface area contributed by atoms with Crippen molar-refractivity contribution < 1.29 is 4.79 Å². The third-order valence-corrected chi connectivity index (χ3v) is 5.18. The number of amides is 1. The molecule has 0 atom stereocenters. The molecule has 1 aromatic carbocycles. The number of carbonyl (C=O) groups excluding carboxylic acids is 1. The Morgan fingerprint density at radius 2 is 1.77 bits per heavy atom. The Morgan fingerprint density at radius 1 is 1.09 bits per heavy atom. The van der Waals surface area contributed by atoms with E-state index in [9.17, 15) is 4.79 Å². The van der Waals surface area contributed by atoms with Crippen LogP contribution in [0.2, 0.25) is 5.02 Å². The first-order valence-electron chi connectivity index (χ1n) is 7.75. The smallest absolute Gasteiger partial charge is 0.273 e. The van der Waals surface area contributed by atoms with E-state index in [1.54, 1.807) is 0 Å². The van der Waals surface area contributed by atoms with Crippen molar-refractivity contribution in [3.05, 3.63) is 40.4 Å². The predicted octanol–water partition coefficient (Wildman–Crippen LogP) is 4.87. The number of hydrogen-bond donors (Lipinski definition) is 0. The summed E-state index contributed by atoms with van der Waals surface area (Å²) in [4.78, 5) is 19.1. The lowest BCUT2D eigenvalue weighted by atomic mass is 10.1. The normalized spacial score (nSPS) is 16.1. The highest BCUT2D eigenvalue weighted by atomic mass is 35.5. The second-order valence-corrected chi connectivity index (χ2v) is 6.84. The molecule has 0 unspecified atom stereocenters. The number of nitrogens with zero attached hydrogens (tertiary/aromatic N) is 2. The molecule has 1 aliphatic rings. The zero-order valence-corrected chi connectivity index (χ0v) is 14.0. The number of benzene rings is 1. The number of aromatic nitrogens is 1. The summed E-state index contributed by atoms with van der Waals surface area (Å²) in [6, 6.07) is 7.61. The quantitative estimate of drug-likeness (QED) is 0.785. The fraction of sp³-hybridized carbons (Fsp3) is 0.412. The molecule has 0 saturated carbocycles. The van der Waals surface area contributed by atoms with Crippen LogP contribution in [-0.4, -0.2) is 28.9 Å². The van der Waals surface area contributed by atoms with Gasteiger partial charge in [0.25, 0.3) is 5.91 Å². The van der Waals surface area contributed by atoms with Crippen molar-refractivity contribution in [2.24, 2.45) is 0 Å². The maximum atomic E-state index is 12.6. The molecule has 0 N–H and O–H groups in total. The Labute approximate surface area is 139 Å². The molecule has 3 nitrogen and oxygen atoms in total. The molecule has 1 fully saturated rings. The Hall–Kier alpha value is -1.39. The first-order chi connectivity index (χ1) is 10.8. The van der Waals surface area contributed by atoms with Gasteiger partial charge in [0.1, 0.15) is 10.7 Å². The van der Waals surface area contributed by atoms with Gasteiger partial charge in [-0.25, -0.2) is 4.98 Å². The molecule has 0 spiro atoms. The molecule has 2 heterocycles. The van der Waals surface area contributed by atoms with E-state index in [2.05, 4.69) is 4.98 Å². The van der Waals surface area contributed by atoms with Crippen molar-refractivity contribution in [2.45, 2.75) is 32.1 Å². The van der Waals surface area contributed by atoms with E-state index < -0.39 is 0 Å². The lowest BCUT2D eigenvalue weighted by Crippen LogP contribution is -2.34. The summed E-state index contributed by atoms with van der Waals surface area (Å²) in [6.07, 6.45) is 5.90. The van der Waals surface area contributed by atoms with Crippen LogP contribution in [0.5, 0.6) is 0 Å². The van der Waals surface area contributed by atoms with Crippen molar-refractivity contribution in [2.75, 3.05) is 13.1 Å². The van der Waals surface area contributed by atoms with Gasteiger partial charge >= 0.3 is 0 Å². The Bertz CT molecular complexity index is 648. The third-order valence-electron chi connectivity index (χ3n) is 3.97. The second-order valence-electron chi connectivity index (χ2n) is 5.58. The van der Waals surface area contributed by atoms with Crippen molar-refractivity contribution >= 4 is 28.8 Å². The summed E-state index contributed by atoms with van der Waals surface area (Å²) in [6.45, 7) is 1.69. The Kier molecular flexibility index (Phi) is 5.11. The SMILES string of the molecule is O=C(c1csc(-c2ccccc2Cl)n1)N1CCCCCCC1. The molecule has 1 saturated heterocycles. The summed E-state index contributed by atoms with van der Waals surface area (Å²) in [5.74, 6) is 0.0523. The molecule has 116 valence electrons. The molecule has 5 heteroatoms. The van der Waals surface area contributed by atoms with Gasteiger partial charge in [0.15, 0.2) is 0 Å². The van der Waals surface area contributed by atoms with Crippen LogP contribution in [-0.2, 0) is 0 Å². The zero-order valence-electron chi connectivity index (χ0n) is 12.4. The fourth-order valence-corrected chi connectivity index (χ4v) is 3.86. The molecule has 0 bridgehead atoms. The van der Waals surface area contributed by atoms with E-state index in [4.69, 9.17) is 11.6 Å². The van der Waals surface area contributed by atoms with Crippen LogP contribution in [0, 0.1) is 0 Å². The third kappa shape index (κ3) is 3.50. The van der Waals surface area contributed by atoms with Crippen molar-refractivity contribution in [1.82, 2.24) is 9.88 Å². The summed E-state index contributed by atoms with van der Waals surface area (Å²) < 4.78 is 0. The van der Waals surface area contributed by atoms with Crippen molar-refractivity contribution in [3.8, 4) is 10.6 Å².